The van der Waals surface area contributed by atoms with Crippen LogP contribution in [0.5, 0.6) is 23.0 Å². The molecule has 0 amide bonds. The maximum atomic E-state index is 11.3. The minimum Gasteiger partial charge on any atom is -0.508 e. The molecule has 2 saturated carbocycles. The van der Waals surface area contributed by atoms with Crippen molar-refractivity contribution in [3.05, 3.63) is 46.5 Å². The van der Waals surface area contributed by atoms with Crippen LogP contribution in [0.15, 0.2) is 24.3 Å². The maximum absolute atomic E-state index is 11.3. The number of phenols is 3. The Kier molecular flexibility index (Phi) is 11.6. The zero-order valence-corrected chi connectivity index (χ0v) is 29.9. The Morgan fingerprint density at radius 1 is 0.761 bits per heavy atom. The highest BCUT2D eigenvalue weighted by Crippen LogP contribution is 2.57. The lowest BCUT2D eigenvalue weighted by molar-refractivity contribution is -0.0174. The van der Waals surface area contributed by atoms with Gasteiger partial charge in [0.25, 0.3) is 0 Å². The normalized spacial score (nSPS) is 27.8. The SMILES string of the molecule is CCCCCc1cc(O)c(C2C[C@@H](C)CCC2C(C)CCC2CCC3C(C2)c2c(O)cc(CCCCC)cc2OC3(C)C)c(O)c1. The van der Waals surface area contributed by atoms with Gasteiger partial charge in [0.05, 0.1) is 0 Å². The van der Waals surface area contributed by atoms with Gasteiger partial charge in [-0.05, 0) is 143 Å². The molecule has 2 aromatic rings. The van der Waals surface area contributed by atoms with E-state index in [4.69, 9.17) is 4.74 Å². The van der Waals surface area contributed by atoms with Crippen LogP contribution in [0.1, 0.15) is 166 Å². The van der Waals surface area contributed by atoms with E-state index in [-0.39, 0.29) is 11.5 Å². The Bertz CT molecular complexity index is 1270. The monoisotopic (exact) mass is 632 g/mol. The summed E-state index contributed by atoms with van der Waals surface area (Å²) in [6.45, 7) is 13.7. The lowest BCUT2D eigenvalue weighted by atomic mass is 9.62. The number of rotatable bonds is 13. The summed E-state index contributed by atoms with van der Waals surface area (Å²) in [6.07, 6.45) is 18.1. The first-order valence-electron chi connectivity index (χ1n) is 19.1. The topological polar surface area (TPSA) is 69.9 Å². The van der Waals surface area contributed by atoms with E-state index in [1.807, 2.05) is 18.2 Å². The first-order valence-corrected chi connectivity index (χ1v) is 19.1. The Balaban J connectivity index is 1.28. The molecule has 6 unspecified atom stereocenters. The van der Waals surface area contributed by atoms with Crippen LogP contribution < -0.4 is 4.74 Å². The molecule has 0 spiro atoms. The molecule has 7 atom stereocenters. The Morgan fingerprint density at radius 3 is 2.00 bits per heavy atom. The highest BCUT2D eigenvalue weighted by molar-refractivity contribution is 5.52. The second kappa shape index (κ2) is 15.2. The number of benzene rings is 2. The van der Waals surface area contributed by atoms with Crippen LogP contribution in [0.3, 0.4) is 0 Å². The third kappa shape index (κ3) is 7.84. The number of fused-ring (bicyclic) bond motifs is 3. The van der Waals surface area contributed by atoms with Gasteiger partial charge in [0.1, 0.15) is 28.6 Å². The van der Waals surface area contributed by atoms with Gasteiger partial charge in [-0.3, -0.25) is 0 Å². The van der Waals surface area contributed by atoms with Gasteiger partial charge in [-0.1, -0.05) is 72.6 Å². The fraction of sp³-hybridized carbons (Fsp3) is 0.714. The minimum atomic E-state index is -0.230. The largest absolute Gasteiger partial charge is 0.508 e. The third-order valence-corrected chi connectivity index (χ3v) is 12.4. The smallest absolute Gasteiger partial charge is 0.127 e. The molecule has 256 valence electrons. The van der Waals surface area contributed by atoms with Crippen LogP contribution in [-0.4, -0.2) is 20.9 Å². The van der Waals surface area contributed by atoms with Crippen LogP contribution in [0.25, 0.3) is 0 Å². The van der Waals surface area contributed by atoms with Crippen LogP contribution >= 0.6 is 0 Å². The molecule has 0 saturated heterocycles. The standard InChI is InChI=1S/C42H64O4/c1-7-9-11-13-30-23-36(43)40(37(44)24-30)33-21-27(3)15-19-32(33)28(4)16-17-29-18-20-35-34(22-29)41-38(45)25-31(14-12-10-8-2)26-39(41)46-42(35,5)6/h23-29,32-35,43-45H,7-22H2,1-6H3/t27-,28?,29?,32?,33?,34?,35?/m0/s1. The van der Waals surface area contributed by atoms with Gasteiger partial charge in [0.15, 0.2) is 0 Å². The predicted octanol–water partition coefficient (Wildman–Crippen LogP) is 11.6. The molecular weight excluding hydrogens is 568 g/mol. The van der Waals surface area contributed by atoms with E-state index in [1.165, 1.54) is 56.9 Å². The first-order chi connectivity index (χ1) is 22.0. The average molecular weight is 633 g/mol. The molecule has 0 aromatic heterocycles. The van der Waals surface area contributed by atoms with Crippen LogP contribution in [0.2, 0.25) is 0 Å². The van der Waals surface area contributed by atoms with E-state index in [9.17, 15) is 15.3 Å². The molecule has 4 heteroatoms. The van der Waals surface area contributed by atoms with Gasteiger partial charge in [-0.2, -0.15) is 0 Å². The number of unbranched alkanes of at least 4 members (excludes halogenated alkanes) is 4. The highest BCUT2D eigenvalue weighted by Gasteiger charge is 2.48. The zero-order valence-electron chi connectivity index (χ0n) is 29.9. The molecule has 46 heavy (non-hydrogen) atoms. The lowest BCUT2D eigenvalue weighted by Gasteiger charge is -2.49. The number of phenolic OH excluding ortho intramolecular Hbond substituents is 3. The highest BCUT2D eigenvalue weighted by atomic mass is 16.5. The van der Waals surface area contributed by atoms with Crippen molar-refractivity contribution >= 4 is 0 Å². The molecule has 5 rings (SSSR count). The molecule has 1 heterocycles. The second-order valence-electron chi connectivity index (χ2n) is 16.3. The zero-order chi connectivity index (χ0) is 33.0. The summed E-state index contributed by atoms with van der Waals surface area (Å²) in [5, 5.41) is 33.8. The van der Waals surface area contributed by atoms with Gasteiger partial charge in [0.2, 0.25) is 0 Å². The van der Waals surface area contributed by atoms with Crippen molar-refractivity contribution in [1.82, 2.24) is 0 Å². The van der Waals surface area contributed by atoms with Crippen molar-refractivity contribution in [2.75, 3.05) is 0 Å². The fourth-order valence-electron chi connectivity index (χ4n) is 9.79. The first kappa shape index (κ1) is 35.0. The van der Waals surface area contributed by atoms with Crippen molar-refractivity contribution in [1.29, 1.82) is 0 Å². The summed E-state index contributed by atoms with van der Waals surface area (Å²) < 4.78 is 6.64. The summed E-state index contributed by atoms with van der Waals surface area (Å²) in [4.78, 5) is 0. The van der Waals surface area contributed by atoms with Crippen LogP contribution in [-0.2, 0) is 12.8 Å². The van der Waals surface area contributed by atoms with Gasteiger partial charge in [-0.15, -0.1) is 0 Å². The minimum absolute atomic E-state index is 0.200. The lowest BCUT2D eigenvalue weighted by Crippen LogP contribution is -2.47. The molecule has 3 N–H and O–H groups in total. The molecule has 2 fully saturated rings. The van der Waals surface area contributed by atoms with E-state index >= 15 is 0 Å². The Morgan fingerprint density at radius 2 is 1.37 bits per heavy atom. The number of hydrogen-bond donors (Lipinski definition) is 3. The van der Waals surface area contributed by atoms with Crippen molar-refractivity contribution in [2.24, 2.45) is 29.6 Å². The summed E-state index contributed by atoms with van der Waals surface area (Å²) in [5.41, 5.74) is 3.87. The molecule has 2 aromatic carbocycles. The van der Waals surface area contributed by atoms with E-state index in [0.29, 0.717) is 52.8 Å². The summed E-state index contributed by atoms with van der Waals surface area (Å²) in [7, 11) is 0. The van der Waals surface area contributed by atoms with Crippen molar-refractivity contribution in [2.45, 2.75) is 162 Å². The Hall–Kier alpha value is -2.36. The molecule has 1 aliphatic heterocycles. The van der Waals surface area contributed by atoms with E-state index in [0.717, 1.165) is 73.8 Å². The summed E-state index contributed by atoms with van der Waals surface area (Å²) in [6, 6.07) is 8.11. The molecular formula is C42H64O4. The van der Waals surface area contributed by atoms with Gasteiger partial charge >= 0.3 is 0 Å². The number of hydrogen-bond acceptors (Lipinski definition) is 4. The number of aromatic hydroxyl groups is 3. The van der Waals surface area contributed by atoms with Gasteiger partial charge in [0, 0.05) is 17.0 Å². The van der Waals surface area contributed by atoms with Crippen molar-refractivity contribution in [3.8, 4) is 23.0 Å². The number of aryl methyl sites for hydroxylation is 2. The maximum Gasteiger partial charge on any atom is 0.127 e. The van der Waals surface area contributed by atoms with Gasteiger partial charge < -0.3 is 20.1 Å². The van der Waals surface area contributed by atoms with Crippen LogP contribution in [0.4, 0.5) is 0 Å². The summed E-state index contributed by atoms with van der Waals surface area (Å²) >= 11 is 0. The molecule has 0 radical (unpaired) electrons. The average Bonchev–Trinajstić information content (AvgIpc) is 2.99. The quantitative estimate of drug-likeness (QED) is 0.192. The Labute approximate surface area is 280 Å². The summed E-state index contributed by atoms with van der Waals surface area (Å²) in [5.74, 6) is 5.15. The molecule has 0 bridgehead atoms. The predicted molar refractivity (Wildman–Crippen MR) is 190 cm³/mol. The molecule has 2 aliphatic carbocycles. The molecule has 3 aliphatic rings. The fourth-order valence-corrected chi connectivity index (χ4v) is 9.79. The third-order valence-electron chi connectivity index (χ3n) is 12.4. The number of ether oxygens (including phenoxy) is 1. The van der Waals surface area contributed by atoms with Crippen molar-refractivity contribution < 1.29 is 20.1 Å². The molecule has 4 nitrogen and oxygen atoms in total. The van der Waals surface area contributed by atoms with E-state index in [2.05, 4.69) is 47.6 Å². The van der Waals surface area contributed by atoms with E-state index in [1.54, 1.807) is 0 Å². The van der Waals surface area contributed by atoms with Gasteiger partial charge in [-0.25, -0.2) is 0 Å². The second-order valence-corrected chi connectivity index (χ2v) is 16.3. The van der Waals surface area contributed by atoms with Crippen LogP contribution in [0, 0.1) is 29.6 Å². The van der Waals surface area contributed by atoms with Crippen molar-refractivity contribution in [3.63, 3.8) is 0 Å². The van der Waals surface area contributed by atoms with E-state index < -0.39 is 0 Å².